The second-order valence-corrected chi connectivity index (χ2v) is 7.23. The van der Waals surface area contributed by atoms with Crippen LogP contribution in [0.1, 0.15) is 25.6 Å². The molecule has 1 fully saturated rings. The van der Waals surface area contributed by atoms with Crippen molar-refractivity contribution in [2.24, 2.45) is 0 Å². The average Bonchev–Trinajstić information content (AvgIpc) is 3.23. The maximum atomic E-state index is 12.1. The number of rotatable bonds is 6. The Morgan fingerprint density at radius 3 is 2.32 bits per heavy atom. The van der Waals surface area contributed by atoms with Gasteiger partial charge in [0.25, 0.3) is 0 Å². The van der Waals surface area contributed by atoms with Gasteiger partial charge in [-0.3, -0.25) is 14.5 Å². The first-order chi connectivity index (χ1) is 13.5. The second kappa shape index (κ2) is 9.41. The smallest absolute Gasteiger partial charge is 0.309 e. The highest BCUT2D eigenvalue weighted by Crippen LogP contribution is 2.24. The van der Waals surface area contributed by atoms with E-state index in [9.17, 15) is 9.59 Å². The minimum absolute atomic E-state index is 0.0785. The van der Waals surface area contributed by atoms with E-state index in [1.165, 1.54) is 5.69 Å². The monoisotopic (exact) mass is 384 g/mol. The van der Waals surface area contributed by atoms with Crippen molar-refractivity contribution in [2.75, 3.05) is 37.6 Å². The molecule has 0 saturated carbocycles. The first-order valence-electron chi connectivity index (χ1n) is 9.70. The van der Waals surface area contributed by atoms with Gasteiger partial charge in [-0.1, -0.05) is 18.2 Å². The van der Waals surface area contributed by atoms with Gasteiger partial charge in [-0.05, 0) is 38.1 Å². The molecule has 1 saturated heterocycles. The predicted octanol–water partition coefficient (Wildman–Crippen LogP) is 1.78. The summed E-state index contributed by atoms with van der Waals surface area (Å²) >= 11 is 0. The van der Waals surface area contributed by atoms with Crippen LogP contribution >= 0.6 is 0 Å². The Morgan fingerprint density at radius 2 is 1.71 bits per heavy atom. The number of para-hydroxylation sites is 1. The van der Waals surface area contributed by atoms with Gasteiger partial charge < -0.3 is 20.0 Å². The molecule has 1 aliphatic heterocycles. The van der Waals surface area contributed by atoms with Gasteiger partial charge in [0.2, 0.25) is 0 Å². The molecule has 7 nitrogen and oxygen atoms in total. The molecule has 0 radical (unpaired) electrons. The summed E-state index contributed by atoms with van der Waals surface area (Å²) in [7, 11) is 0. The highest BCUT2D eigenvalue weighted by Gasteiger charge is 2.28. The van der Waals surface area contributed by atoms with Crippen molar-refractivity contribution in [3.8, 4) is 0 Å². The number of carbonyl (C=O) groups excluding carboxylic acids is 2. The zero-order valence-corrected chi connectivity index (χ0v) is 16.4. The maximum absolute atomic E-state index is 12.1. The van der Waals surface area contributed by atoms with Crippen LogP contribution in [0.4, 0.5) is 5.69 Å². The normalized spacial score (nSPS) is 16.0. The highest BCUT2D eigenvalue weighted by atomic mass is 16.3. The van der Waals surface area contributed by atoms with E-state index in [4.69, 9.17) is 4.42 Å². The Hall–Kier alpha value is -2.80. The molecule has 0 aliphatic carbocycles. The van der Waals surface area contributed by atoms with E-state index in [-0.39, 0.29) is 12.1 Å². The molecular weight excluding hydrogens is 356 g/mol. The number of nitrogens with one attached hydrogen (secondary N) is 2. The molecule has 1 aliphatic rings. The molecule has 2 amide bonds. The van der Waals surface area contributed by atoms with Gasteiger partial charge in [0.1, 0.15) is 5.76 Å². The van der Waals surface area contributed by atoms with E-state index < -0.39 is 11.8 Å². The Labute approximate surface area is 165 Å². The number of benzene rings is 1. The second-order valence-electron chi connectivity index (χ2n) is 7.23. The lowest BCUT2D eigenvalue weighted by molar-refractivity contribution is -0.139. The third-order valence-corrected chi connectivity index (χ3v) is 4.83. The summed E-state index contributed by atoms with van der Waals surface area (Å²) in [5.74, 6) is -0.437. The summed E-state index contributed by atoms with van der Waals surface area (Å²) in [4.78, 5) is 28.6. The van der Waals surface area contributed by atoms with Crippen molar-refractivity contribution in [1.29, 1.82) is 0 Å². The molecule has 3 rings (SSSR count). The number of amides is 2. The van der Waals surface area contributed by atoms with Gasteiger partial charge in [-0.25, -0.2) is 0 Å². The fraction of sp³-hybridized carbons (Fsp3) is 0.429. The van der Waals surface area contributed by atoms with E-state index in [1.807, 2.05) is 44.2 Å². The van der Waals surface area contributed by atoms with E-state index in [0.29, 0.717) is 6.54 Å². The van der Waals surface area contributed by atoms with Crippen LogP contribution in [0.5, 0.6) is 0 Å². The van der Waals surface area contributed by atoms with Crippen LogP contribution in [0.15, 0.2) is 53.1 Å². The topological polar surface area (TPSA) is 77.8 Å². The summed E-state index contributed by atoms with van der Waals surface area (Å²) in [5, 5.41) is 5.36. The molecule has 1 aromatic heterocycles. The van der Waals surface area contributed by atoms with Crippen LogP contribution in [0.3, 0.4) is 0 Å². The van der Waals surface area contributed by atoms with Crippen molar-refractivity contribution in [1.82, 2.24) is 15.5 Å². The summed E-state index contributed by atoms with van der Waals surface area (Å²) in [6.45, 7) is 7.43. The molecule has 1 atom stereocenters. The van der Waals surface area contributed by atoms with Gasteiger partial charge in [0.05, 0.1) is 12.3 Å². The van der Waals surface area contributed by atoms with Crippen molar-refractivity contribution in [3.05, 3.63) is 54.5 Å². The molecule has 1 unspecified atom stereocenters. The quantitative estimate of drug-likeness (QED) is 0.743. The van der Waals surface area contributed by atoms with Gasteiger partial charge in [-0.2, -0.15) is 0 Å². The Balaban J connectivity index is 1.60. The molecule has 2 heterocycles. The summed E-state index contributed by atoms with van der Waals surface area (Å²) in [5.41, 5.74) is 1.22. The SMILES string of the molecule is CC(C)NC(=O)C(=O)NCC(c1ccco1)N1CCN(c2ccccc2)CC1. The van der Waals surface area contributed by atoms with Crippen molar-refractivity contribution >= 4 is 17.5 Å². The minimum atomic E-state index is -0.617. The fourth-order valence-corrected chi connectivity index (χ4v) is 3.42. The molecule has 28 heavy (non-hydrogen) atoms. The fourth-order valence-electron chi connectivity index (χ4n) is 3.42. The minimum Gasteiger partial charge on any atom is -0.468 e. The lowest BCUT2D eigenvalue weighted by Crippen LogP contribution is -2.51. The van der Waals surface area contributed by atoms with Crippen LogP contribution in [0.2, 0.25) is 0 Å². The number of piperazine rings is 1. The molecule has 1 aromatic carbocycles. The summed E-state index contributed by atoms with van der Waals surface area (Å²) in [6.07, 6.45) is 1.63. The van der Waals surface area contributed by atoms with Crippen LogP contribution in [-0.2, 0) is 9.59 Å². The Morgan fingerprint density at radius 1 is 1.00 bits per heavy atom. The molecule has 0 spiro atoms. The van der Waals surface area contributed by atoms with Gasteiger partial charge >= 0.3 is 11.8 Å². The number of carbonyl (C=O) groups is 2. The van der Waals surface area contributed by atoms with E-state index in [2.05, 4.69) is 32.6 Å². The predicted molar refractivity (Wildman–Crippen MR) is 108 cm³/mol. The lowest BCUT2D eigenvalue weighted by atomic mass is 10.1. The standard InChI is InChI=1S/C21H28N4O3/c1-16(2)23-21(27)20(26)22-15-18(19-9-6-14-28-19)25-12-10-24(11-13-25)17-7-4-3-5-8-17/h3-9,14,16,18H,10-13,15H2,1-2H3,(H,22,26)(H,23,27). The Kier molecular flexibility index (Phi) is 6.71. The highest BCUT2D eigenvalue weighted by molar-refractivity contribution is 6.35. The molecule has 2 N–H and O–H groups in total. The third kappa shape index (κ3) is 5.13. The van der Waals surface area contributed by atoms with Crippen LogP contribution < -0.4 is 15.5 Å². The van der Waals surface area contributed by atoms with Crippen LogP contribution in [-0.4, -0.2) is 55.5 Å². The van der Waals surface area contributed by atoms with E-state index in [0.717, 1.165) is 31.9 Å². The van der Waals surface area contributed by atoms with Crippen molar-refractivity contribution in [2.45, 2.75) is 25.9 Å². The zero-order chi connectivity index (χ0) is 19.9. The largest absolute Gasteiger partial charge is 0.468 e. The van der Waals surface area contributed by atoms with Crippen molar-refractivity contribution < 1.29 is 14.0 Å². The lowest BCUT2D eigenvalue weighted by Gasteiger charge is -2.39. The number of hydrogen-bond acceptors (Lipinski definition) is 5. The Bertz CT molecular complexity index is 753. The van der Waals surface area contributed by atoms with E-state index in [1.54, 1.807) is 6.26 Å². The first kappa shape index (κ1) is 19.9. The number of anilines is 1. The molecular formula is C21H28N4O3. The average molecular weight is 384 g/mol. The first-order valence-corrected chi connectivity index (χ1v) is 9.70. The summed E-state index contributed by atoms with van der Waals surface area (Å²) < 4.78 is 5.61. The van der Waals surface area contributed by atoms with Gasteiger partial charge in [-0.15, -0.1) is 0 Å². The van der Waals surface area contributed by atoms with Crippen molar-refractivity contribution in [3.63, 3.8) is 0 Å². The molecule has 150 valence electrons. The van der Waals surface area contributed by atoms with E-state index >= 15 is 0 Å². The van der Waals surface area contributed by atoms with Gasteiger partial charge in [0.15, 0.2) is 0 Å². The molecule has 2 aromatic rings. The van der Waals surface area contributed by atoms with Crippen LogP contribution in [0, 0.1) is 0 Å². The molecule has 0 bridgehead atoms. The third-order valence-electron chi connectivity index (χ3n) is 4.83. The molecule has 7 heteroatoms. The number of hydrogen-bond donors (Lipinski definition) is 2. The van der Waals surface area contributed by atoms with Gasteiger partial charge in [0, 0.05) is 44.5 Å². The number of nitrogens with zero attached hydrogens (tertiary/aromatic N) is 2. The van der Waals surface area contributed by atoms with Crippen LogP contribution in [0.25, 0.3) is 0 Å². The zero-order valence-electron chi connectivity index (χ0n) is 16.4. The summed E-state index contributed by atoms with van der Waals surface area (Å²) in [6, 6.07) is 13.9. The maximum Gasteiger partial charge on any atom is 0.309 e. The number of furan rings is 1.